The average Bonchev–Trinajstić information content (AvgIpc) is 2.62. The van der Waals surface area contributed by atoms with Crippen molar-refractivity contribution in [2.24, 2.45) is 0 Å². The fourth-order valence-electron chi connectivity index (χ4n) is 2.37. The van der Waals surface area contributed by atoms with Crippen molar-refractivity contribution in [1.82, 2.24) is 9.97 Å². The Labute approximate surface area is 137 Å². The maximum Gasteiger partial charge on any atom is 0.270 e. The molecule has 0 atom stereocenters. The second kappa shape index (κ2) is 6.14. The molecule has 116 valence electrons. The van der Waals surface area contributed by atoms with Crippen LogP contribution in [0.5, 0.6) is 0 Å². The third kappa shape index (κ3) is 2.76. The van der Waals surface area contributed by atoms with Gasteiger partial charge in [0, 0.05) is 35.7 Å². The third-order valence-corrected chi connectivity index (χ3v) is 3.50. The minimum atomic E-state index is -0.482. The first-order valence-corrected chi connectivity index (χ1v) is 6.96. The highest BCUT2D eigenvalue weighted by Crippen LogP contribution is 2.32. The first-order chi connectivity index (χ1) is 11.6. The minimum absolute atomic E-state index is 0.0581. The van der Waals surface area contributed by atoms with Crippen molar-refractivity contribution < 1.29 is 4.92 Å². The fraction of sp³-hybridized carbons (Fsp3) is 0. The normalized spacial score (nSPS) is 10.1. The molecule has 2 aromatic heterocycles. The molecule has 1 aromatic carbocycles. The molecular weight excluding hydrogens is 306 g/mol. The molecule has 0 fully saturated rings. The number of pyridine rings is 2. The molecule has 0 amide bonds. The molecule has 0 radical (unpaired) electrons. The van der Waals surface area contributed by atoms with Gasteiger partial charge in [0.2, 0.25) is 0 Å². The third-order valence-electron chi connectivity index (χ3n) is 3.50. The van der Waals surface area contributed by atoms with E-state index < -0.39 is 4.92 Å². The molecular formula is C17H11N5O2. The van der Waals surface area contributed by atoms with Crippen LogP contribution in [0.15, 0.2) is 54.9 Å². The maximum absolute atomic E-state index is 11.0. The van der Waals surface area contributed by atoms with E-state index in [2.05, 4.69) is 9.97 Å². The molecule has 2 heterocycles. The Morgan fingerprint density at radius 3 is 2.54 bits per heavy atom. The first-order valence-electron chi connectivity index (χ1n) is 6.96. The summed E-state index contributed by atoms with van der Waals surface area (Å²) in [5.74, 6) is 0.0771. The summed E-state index contributed by atoms with van der Waals surface area (Å²) >= 11 is 0. The predicted octanol–water partition coefficient (Wildman–Crippen LogP) is 3.17. The van der Waals surface area contributed by atoms with Gasteiger partial charge < -0.3 is 5.73 Å². The molecule has 7 heteroatoms. The number of aromatic nitrogens is 2. The lowest BCUT2D eigenvalue weighted by molar-refractivity contribution is -0.384. The van der Waals surface area contributed by atoms with Gasteiger partial charge in [0.1, 0.15) is 17.5 Å². The second-order valence-electron chi connectivity index (χ2n) is 4.97. The van der Waals surface area contributed by atoms with E-state index in [1.165, 1.54) is 12.1 Å². The highest BCUT2D eigenvalue weighted by atomic mass is 16.6. The number of rotatable bonds is 3. The lowest BCUT2D eigenvalue weighted by atomic mass is 9.98. The number of hydrogen-bond donors (Lipinski definition) is 1. The van der Waals surface area contributed by atoms with E-state index in [4.69, 9.17) is 5.73 Å². The summed E-state index contributed by atoms with van der Waals surface area (Å²) in [6, 6.07) is 13.3. The van der Waals surface area contributed by atoms with Gasteiger partial charge in [-0.3, -0.25) is 15.1 Å². The van der Waals surface area contributed by atoms with Crippen molar-refractivity contribution in [2.75, 3.05) is 5.73 Å². The topological polar surface area (TPSA) is 119 Å². The van der Waals surface area contributed by atoms with Crippen molar-refractivity contribution in [3.8, 4) is 28.5 Å². The number of benzene rings is 1. The van der Waals surface area contributed by atoms with Crippen molar-refractivity contribution >= 4 is 11.5 Å². The molecule has 0 saturated carbocycles. The summed E-state index contributed by atoms with van der Waals surface area (Å²) in [6.45, 7) is 0. The summed E-state index contributed by atoms with van der Waals surface area (Å²) in [5, 5.41) is 20.4. The maximum atomic E-state index is 11.0. The van der Waals surface area contributed by atoms with Crippen LogP contribution in [0.25, 0.3) is 22.4 Å². The van der Waals surface area contributed by atoms with Gasteiger partial charge in [0.25, 0.3) is 5.69 Å². The number of nitrogen functional groups attached to an aromatic ring is 1. The summed E-state index contributed by atoms with van der Waals surface area (Å²) in [6.07, 6.45) is 3.25. The smallest absolute Gasteiger partial charge is 0.270 e. The number of nitro benzene ring substituents is 1. The van der Waals surface area contributed by atoms with Gasteiger partial charge in [0.05, 0.1) is 10.6 Å². The van der Waals surface area contributed by atoms with E-state index in [1.54, 1.807) is 42.7 Å². The summed E-state index contributed by atoms with van der Waals surface area (Å²) < 4.78 is 0. The summed E-state index contributed by atoms with van der Waals surface area (Å²) in [7, 11) is 0. The molecule has 0 saturated heterocycles. The zero-order chi connectivity index (χ0) is 17.1. The van der Waals surface area contributed by atoms with Gasteiger partial charge in [-0.15, -0.1) is 0 Å². The van der Waals surface area contributed by atoms with E-state index >= 15 is 0 Å². The largest absolute Gasteiger partial charge is 0.383 e. The van der Waals surface area contributed by atoms with Crippen LogP contribution < -0.4 is 5.73 Å². The van der Waals surface area contributed by atoms with Crippen molar-refractivity contribution in [3.63, 3.8) is 0 Å². The number of hydrogen-bond acceptors (Lipinski definition) is 6. The Kier molecular flexibility index (Phi) is 3.87. The Bertz CT molecular complexity index is 964. The van der Waals surface area contributed by atoms with Gasteiger partial charge in [-0.05, 0) is 23.8 Å². The Morgan fingerprint density at radius 1 is 1.12 bits per heavy atom. The van der Waals surface area contributed by atoms with E-state index in [9.17, 15) is 15.4 Å². The van der Waals surface area contributed by atoms with Crippen molar-refractivity contribution in [1.29, 1.82) is 5.26 Å². The second-order valence-corrected chi connectivity index (χ2v) is 4.97. The standard InChI is InChI=1S/C17H11N5O2/c18-10-15-14(12-2-1-3-13(8-12)22(23)24)9-16(21-17(15)19)11-4-6-20-7-5-11/h1-9H,(H2,19,21). The number of nitrogens with two attached hydrogens (primary N) is 1. The van der Waals surface area contributed by atoms with Crippen LogP contribution in [-0.4, -0.2) is 14.9 Å². The van der Waals surface area contributed by atoms with Crippen LogP contribution in [-0.2, 0) is 0 Å². The first kappa shape index (κ1) is 15.1. The van der Waals surface area contributed by atoms with Crippen LogP contribution in [0.3, 0.4) is 0 Å². The SMILES string of the molecule is N#Cc1c(-c2cccc([N+](=O)[O-])c2)cc(-c2ccncc2)nc1N. The number of nitro groups is 1. The zero-order valence-corrected chi connectivity index (χ0v) is 12.4. The molecule has 0 bridgehead atoms. The molecule has 3 rings (SSSR count). The van der Waals surface area contributed by atoms with E-state index in [1.807, 2.05) is 6.07 Å². The highest BCUT2D eigenvalue weighted by molar-refractivity contribution is 5.80. The number of nitrogens with zero attached hydrogens (tertiary/aromatic N) is 4. The highest BCUT2D eigenvalue weighted by Gasteiger charge is 2.15. The van der Waals surface area contributed by atoms with Gasteiger partial charge in [-0.2, -0.15) is 5.26 Å². The molecule has 0 aliphatic carbocycles. The zero-order valence-electron chi connectivity index (χ0n) is 12.4. The van der Waals surface area contributed by atoms with E-state index in [0.29, 0.717) is 16.8 Å². The lowest BCUT2D eigenvalue weighted by Gasteiger charge is -2.10. The average molecular weight is 317 g/mol. The molecule has 0 spiro atoms. The minimum Gasteiger partial charge on any atom is -0.383 e. The van der Waals surface area contributed by atoms with Gasteiger partial charge in [-0.1, -0.05) is 12.1 Å². The molecule has 7 nitrogen and oxygen atoms in total. The summed E-state index contributed by atoms with van der Waals surface area (Å²) in [4.78, 5) is 18.7. The monoisotopic (exact) mass is 317 g/mol. The summed E-state index contributed by atoms with van der Waals surface area (Å²) in [5.41, 5.74) is 8.44. The Morgan fingerprint density at radius 2 is 1.88 bits per heavy atom. The molecule has 0 aliphatic heterocycles. The number of anilines is 1. The predicted molar refractivity (Wildman–Crippen MR) is 88.7 cm³/mol. The molecule has 2 N–H and O–H groups in total. The van der Waals surface area contributed by atoms with Crippen LogP contribution in [0.1, 0.15) is 5.56 Å². The van der Waals surface area contributed by atoms with Crippen molar-refractivity contribution in [3.05, 3.63) is 70.5 Å². The van der Waals surface area contributed by atoms with Gasteiger partial charge in [0.15, 0.2) is 0 Å². The molecule has 3 aromatic rings. The molecule has 0 unspecified atom stereocenters. The van der Waals surface area contributed by atoms with E-state index in [-0.39, 0.29) is 17.1 Å². The van der Waals surface area contributed by atoms with Crippen LogP contribution in [0.2, 0.25) is 0 Å². The molecule has 24 heavy (non-hydrogen) atoms. The van der Waals surface area contributed by atoms with Crippen molar-refractivity contribution in [2.45, 2.75) is 0 Å². The Hall–Kier alpha value is -3.79. The van der Waals surface area contributed by atoms with Gasteiger partial charge >= 0.3 is 0 Å². The number of nitriles is 1. The quantitative estimate of drug-likeness (QED) is 0.585. The van der Waals surface area contributed by atoms with Crippen LogP contribution >= 0.6 is 0 Å². The lowest BCUT2D eigenvalue weighted by Crippen LogP contribution is -2.00. The number of non-ortho nitro benzene ring substituents is 1. The van der Waals surface area contributed by atoms with Crippen LogP contribution in [0.4, 0.5) is 11.5 Å². The Balaban J connectivity index is 2.23. The van der Waals surface area contributed by atoms with Crippen LogP contribution in [0, 0.1) is 21.4 Å². The molecule has 0 aliphatic rings. The van der Waals surface area contributed by atoms with Gasteiger partial charge in [-0.25, -0.2) is 4.98 Å². The van der Waals surface area contributed by atoms with E-state index in [0.717, 1.165) is 5.56 Å². The fourth-order valence-corrected chi connectivity index (χ4v) is 2.37.